The van der Waals surface area contributed by atoms with Crippen molar-refractivity contribution in [3.8, 4) is 0 Å². The number of alkyl halides is 3. The van der Waals surface area contributed by atoms with Crippen molar-refractivity contribution >= 4 is 27.2 Å². The molecule has 20 heavy (non-hydrogen) atoms. The first-order valence-corrected chi connectivity index (χ1v) is 8.31. The lowest BCUT2D eigenvalue weighted by molar-refractivity contribution is -0.146. The quantitative estimate of drug-likeness (QED) is 0.788. The summed E-state index contributed by atoms with van der Waals surface area (Å²) in [5.41, 5.74) is -0.0233. The molecule has 0 aliphatic carbocycles. The molecule has 0 radical (unpaired) electrons. The molecule has 0 fully saturated rings. The fraction of sp³-hybridized carbons (Fsp3) is 0.444. The fourth-order valence-corrected chi connectivity index (χ4v) is 3.38. The second-order valence-electron chi connectivity index (χ2n) is 3.94. The molecule has 0 bridgehead atoms. The van der Waals surface area contributed by atoms with Gasteiger partial charge in [0.1, 0.15) is 14.9 Å². The highest BCUT2D eigenvalue weighted by Gasteiger charge is 2.37. The van der Waals surface area contributed by atoms with Crippen LogP contribution in [0.15, 0.2) is 17.2 Å². The van der Waals surface area contributed by atoms with Crippen molar-refractivity contribution in [3.63, 3.8) is 0 Å². The van der Waals surface area contributed by atoms with E-state index in [4.69, 9.17) is 0 Å². The first-order valence-electron chi connectivity index (χ1n) is 5.27. The Bertz CT molecular complexity index is 726. The molecule has 6 nitrogen and oxygen atoms in total. The van der Waals surface area contributed by atoms with Gasteiger partial charge in [0.25, 0.3) is 5.82 Å². The first-order chi connectivity index (χ1) is 9.17. The molecule has 0 N–H and O–H groups in total. The Balaban J connectivity index is 2.24. The summed E-state index contributed by atoms with van der Waals surface area (Å²) < 4.78 is 60.5. The molecule has 0 aliphatic rings. The maximum Gasteiger partial charge on any atom is 0.453 e. The van der Waals surface area contributed by atoms with Crippen LogP contribution >= 0.6 is 11.8 Å². The van der Waals surface area contributed by atoms with Crippen molar-refractivity contribution in [1.82, 2.24) is 19.8 Å². The third-order valence-corrected chi connectivity index (χ3v) is 4.32. The van der Waals surface area contributed by atoms with Crippen LogP contribution in [0.25, 0.3) is 5.65 Å². The smallest absolute Gasteiger partial charge is 0.229 e. The van der Waals surface area contributed by atoms with Crippen LogP contribution in [-0.4, -0.2) is 46.0 Å². The molecule has 0 unspecified atom stereocenters. The maximum absolute atomic E-state index is 12.6. The molecule has 0 aliphatic heterocycles. The summed E-state index contributed by atoms with van der Waals surface area (Å²) in [6.07, 6.45) is -3.56. The van der Waals surface area contributed by atoms with Gasteiger partial charge in [-0.3, -0.25) is 0 Å². The molecule has 11 heteroatoms. The highest BCUT2D eigenvalue weighted by Crippen LogP contribution is 2.28. The van der Waals surface area contributed by atoms with Gasteiger partial charge >= 0.3 is 6.18 Å². The first kappa shape index (κ1) is 15.0. The Kier molecular flexibility index (Phi) is 3.91. The molecular formula is C9H9F3N4O2S2. The van der Waals surface area contributed by atoms with E-state index in [1.54, 1.807) is 0 Å². The molecule has 2 aromatic heterocycles. The maximum atomic E-state index is 12.6. The van der Waals surface area contributed by atoms with E-state index in [0.717, 1.165) is 18.0 Å². The third-order valence-electron chi connectivity index (χ3n) is 2.20. The monoisotopic (exact) mass is 326 g/mol. The second-order valence-corrected chi connectivity index (χ2v) is 7.32. The van der Waals surface area contributed by atoms with Crippen LogP contribution in [0, 0.1) is 0 Å². The summed E-state index contributed by atoms with van der Waals surface area (Å²) in [5.74, 6) is -1.08. The number of aromatic nitrogens is 4. The summed E-state index contributed by atoms with van der Waals surface area (Å²) in [6.45, 7) is 0. The molecule has 0 atom stereocenters. The Morgan fingerprint density at radius 3 is 2.60 bits per heavy atom. The van der Waals surface area contributed by atoms with Crippen LogP contribution in [0.1, 0.15) is 5.82 Å². The van der Waals surface area contributed by atoms with Gasteiger partial charge in [-0.2, -0.15) is 22.8 Å². The van der Waals surface area contributed by atoms with E-state index in [0.29, 0.717) is 4.52 Å². The molecule has 0 spiro atoms. The highest BCUT2D eigenvalue weighted by molar-refractivity contribution is 8.00. The van der Waals surface area contributed by atoms with Crippen LogP contribution < -0.4 is 0 Å². The number of sulfone groups is 1. The zero-order valence-electron chi connectivity index (χ0n) is 10.1. The Hall–Kier alpha value is -1.36. The molecule has 2 heterocycles. The summed E-state index contributed by atoms with van der Waals surface area (Å²) >= 11 is 1.05. The molecule has 0 saturated carbocycles. The largest absolute Gasteiger partial charge is 0.453 e. The zero-order chi connectivity index (χ0) is 15.0. The molecular weight excluding hydrogens is 317 g/mol. The highest BCUT2D eigenvalue weighted by atomic mass is 32.2. The van der Waals surface area contributed by atoms with E-state index in [1.807, 2.05) is 0 Å². The number of hydrogen-bond acceptors (Lipinski definition) is 6. The Morgan fingerprint density at radius 2 is 2.00 bits per heavy atom. The van der Waals surface area contributed by atoms with Crippen LogP contribution in [0.4, 0.5) is 13.2 Å². The van der Waals surface area contributed by atoms with Gasteiger partial charge in [-0.15, -0.1) is 22.0 Å². The fourth-order valence-electron chi connectivity index (χ4n) is 1.32. The van der Waals surface area contributed by atoms with Crippen molar-refractivity contribution in [1.29, 1.82) is 0 Å². The molecule has 0 amide bonds. The van der Waals surface area contributed by atoms with Gasteiger partial charge in [-0.1, -0.05) is 0 Å². The van der Waals surface area contributed by atoms with E-state index in [9.17, 15) is 21.6 Å². The van der Waals surface area contributed by atoms with Crippen molar-refractivity contribution in [2.75, 3.05) is 17.8 Å². The lowest BCUT2D eigenvalue weighted by Crippen LogP contribution is -2.12. The number of nitrogens with zero attached hydrogens (tertiary/aromatic N) is 4. The predicted octanol–water partition coefficient (Wildman–Crippen LogP) is 1.28. The van der Waals surface area contributed by atoms with Gasteiger partial charge in [0.05, 0.1) is 5.75 Å². The summed E-state index contributed by atoms with van der Waals surface area (Å²) in [6, 6.07) is 2.81. The molecule has 0 aromatic carbocycles. The zero-order valence-corrected chi connectivity index (χ0v) is 11.8. The van der Waals surface area contributed by atoms with E-state index in [2.05, 4.69) is 15.3 Å². The molecule has 2 rings (SSSR count). The number of halogens is 3. The van der Waals surface area contributed by atoms with Crippen LogP contribution in [0.3, 0.4) is 0 Å². The Labute approximate surface area is 116 Å². The lowest BCUT2D eigenvalue weighted by atomic mass is 10.5. The van der Waals surface area contributed by atoms with E-state index < -0.39 is 21.8 Å². The molecule has 0 saturated heterocycles. The number of fused-ring (bicyclic) bond motifs is 1. The third kappa shape index (κ3) is 3.60. The van der Waals surface area contributed by atoms with Crippen molar-refractivity contribution in [2.45, 2.75) is 11.2 Å². The van der Waals surface area contributed by atoms with E-state index in [-0.39, 0.29) is 22.2 Å². The Morgan fingerprint density at radius 1 is 1.30 bits per heavy atom. The van der Waals surface area contributed by atoms with Crippen molar-refractivity contribution in [3.05, 3.63) is 18.0 Å². The topological polar surface area (TPSA) is 77.2 Å². The van der Waals surface area contributed by atoms with Gasteiger partial charge in [0.15, 0.2) is 5.65 Å². The average Bonchev–Trinajstić information content (AvgIpc) is 2.69. The normalized spacial score (nSPS) is 13.0. The number of hydrogen-bond donors (Lipinski definition) is 0. The van der Waals surface area contributed by atoms with E-state index >= 15 is 0 Å². The van der Waals surface area contributed by atoms with Crippen LogP contribution in [0.5, 0.6) is 0 Å². The minimum absolute atomic E-state index is 0.0233. The summed E-state index contributed by atoms with van der Waals surface area (Å²) in [7, 11) is -3.12. The average molecular weight is 326 g/mol. The van der Waals surface area contributed by atoms with Crippen molar-refractivity contribution in [2.24, 2.45) is 0 Å². The predicted molar refractivity (Wildman–Crippen MR) is 66.2 cm³/mol. The minimum atomic E-state index is -4.65. The van der Waals surface area contributed by atoms with E-state index in [1.165, 1.54) is 12.1 Å². The molecule has 2 aromatic rings. The second kappa shape index (κ2) is 5.20. The van der Waals surface area contributed by atoms with Crippen LogP contribution in [-0.2, 0) is 16.0 Å². The summed E-state index contributed by atoms with van der Waals surface area (Å²) in [5, 5.41) is 10.4. The van der Waals surface area contributed by atoms with Gasteiger partial charge in [-0.25, -0.2) is 8.42 Å². The van der Waals surface area contributed by atoms with Gasteiger partial charge in [0.2, 0.25) is 0 Å². The van der Waals surface area contributed by atoms with Crippen molar-refractivity contribution < 1.29 is 21.6 Å². The number of rotatable bonds is 4. The number of thioether (sulfide) groups is 1. The van der Waals surface area contributed by atoms with Gasteiger partial charge in [0, 0.05) is 12.0 Å². The standard InChI is InChI=1S/C9H9F3N4O2S2/c1-20(17,18)5-4-19-7-3-2-6-13-14-8(9(10,11)12)16(6)15-7/h2-3H,4-5H2,1H3. The summed E-state index contributed by atoms with van der Waals surface area (Å²) in [4.78, 5) is 0. The minimum Gasteiger partial charge on any atom is -0.229 e. The lowest BCUT2D eigenvalue weighted by Gasteiger charge is -2.04. The van der Waals surface area contributed by atoms with Crippen LogP contribution in [0.2, 0.25) is 0 Å². The van der Waals surface area contributed by atoms with Gasteiger partial charge in [-0.05, 0) is 12.1 Å². The molecule has 110 valence electrons. The van der Waals surface area contributed by atoms with Gasteiger partial charge < -0.3 is 0 Å². The SMILES string of the molecule is CS(=O)(=O)CCSc1ccc2nnc(C(F)(F)F)n2n1.